The number of carbonyl (C=O) groups is 1. The first-order chi connectivity index (χ1) is 16.6. The van der Waals surface area contributed by atoms with Crippen LogP contribution in [0.2, 0.25) is 0 Å². The van der Waals surface area contributed by atoms with Gasteiger partial charge in [0.2, 0.25) is 5.75 Å². The Morgan fingerprint density at radius 3 is 2.29 bits per heavy atom. The molecule has 8 heteroatoms. The Bertz CT molecular complexity index is 1510. The lowest BCUT2D eigenvalue weighted by Crippen LogP contribution is -2.07. The molecule has 0 amide bonds. The first-order valence-corrected chi connectivity index (χ1v) is 10.3. The third-order valence-corrected chi connectivity index (χ3v) is 5.27. The minimum atomic E-state index is -1.52. The maximum absolute atomic E-state index is 11.7. The summed E-state index contributed by atoms with van der Waals surface area (Å²) in [5.41, 5.74) is 2.49. The third-order valence-electron chi connectivity index (χ3n) is 5.27. The van der Waals surface area contributed by atoms with Crippen LogP contribution in [0.25, 0.3) is 33.2 Å². The number of methoxy groups -OCH3 is 2. The van der Waals surface area contributed by atoms with Crippen molar-refractivity contribution in [2.24, 2.45) is 0 Å². The number of hydrogen-bond acceptors (Lipinski definition) is 7. The average molecular weight is 457 g/mol. The van der Waals surface area contributed by atoms with Crippen molar-refractivity contribution in [3.05, 3.63) is 72.8 Å². The highest BCUT2D eigenvalue weighted by Gasteiger charge is 2.27. The summed E-state index contributed by atoms with van der Waals surface area (Å²) < 4.78 is 28.1. The van der Waals surface area contributed by atoms with Crippen molar-refractivity contribution in [1.29, 1.82) is 0 Å². The van der Waals surface area contributed by atoms with Gasteiger partial charge in [0.15, 0.2) is 17.1 Å². The van der Waals surface area contributed by atoms with E-state index >= 15 is 0 Å². The molecule has 2 aromatic heterocycles. The highest BCUT2D eigenvalue weighted by Crippen LogP contribution is 2.47. The second-order valence-electron chi connectivity index (χ2n) is 7.25. The average Bonchev–Trinajstić information content (AvgIpc) is 3.22. The Kier molecular flexibility index (Phi) is 5.39. The molecular weight excluding hydrogens is 438 g/mol. The van der Waals surface area contributed by atoms with Crippen LogP contribution >= 0.6 is 0 Å². The summed E-state index contributed by atoms with van der Waals surface area (Å²) in [7, 11) is 3.08. The summed E-state index contributed by atoms with van der Waals surface area (Å²) in [4.78, 5) is 16.3. The van der Waals surface area contributed by atoms with Gasteiger partial charge in [0.25, 0.3) is 5.88 Å². The fraction of sp³-hybridized carbons (Fsp3) is 0.0769. The minimum Gasteiger partial charge on any atom is -0.497 e. The monoisotopic (exact) mass is 457 g/mol. The van der Waals surface area contributed by atoms with Gasteiger partial charge in [-0.2, -0.15) is 0 Å². The number of pyridine rings is 1. The molecule has 0 fully saturated rings. The van der Waals surface area contributed by atoms with E-state index in [1.807, 2.05) is 24.3 Å². The molecule has 0 aliphatic heterocycles. The number of hydrogen-bond donors (Lipinski definition) is 1. The summed E-state index contributed by atoms with van der Waals surface area (Å²) >= 11 is 0. The van der Waals surface area contributed by atoms with Gasteiger partial charge in [0, 0.05) is 5.39 Å². The van der Waals surface area contributed by atoms with E-state index in [0.717, 1.165) is 5.39 Å². The Labute approximate surface area is 193 Å². The first-order valence-electron chi connectivity index (χ1n) is 10.3. The number of carboxylic acid groups (broad SMARTS) is 1. The summed E-state index contributed by atoms with van der Waals surface area (Å²) in [6, 6.07) is 21.5. The van der Waals surface area contributed by atoms with Crippen LogP contribution in [0.4, 0.5) is 4.79 Å². The van der Waals surface area contributed by atoms with Gasteiger partial charge in [-0.15, -0.1) is 0 Å². The maximum Gasteiger partial charge on any atom is 0.511 e. The van der Waals surface area contributed by atoms with Crippen molar-refractivity contribution in [2.45, 2.75) is 0 Å². The predicted octanol–water partition coefficient (Wildman–Crippen LogP) is 6.51. The van der Waals surface area contributed by atoms with E-state index in [1.54, 1.807) is 55.6 Å². The SMILES string of the molecule is COc1ccc(-c2c(OC(=O)O)c(Oc3ccccc3OC)nc3c2oc2ccccc23)cc1. The lowest BCUT2D eigenvalue weighted by Gasteiger charge is -2.15. The number of furan rings is 1. The molecule has 34 heavy (non-hydrogen) atoms. The molecule has 0 aliphatic rings. The lowest BCUT2D eigenvalue weighted by molar-refractivity contribution is 0.143. The number of nitrogens with zero attached hydrogens (tertiary/aromatic N) is 1. The van der Waals surface area contributed by atoms with Crippen LogP contribution in [-0.2, 0) is 0 Å². The normalized spacial score (nSPS) is 10.9. The van der Waals surface area contributed by atoms with Gasteiger partial charge in [0.1, 0.15) is 16.8 Å². The van der Waals surface area contributed by atoms with Crippen LogP contribution < -0.4 is 18.9 Å². The molecule has 0 bridgehead atoms. The van der Waals surface area contributed by atoms with Gasteiger partial charge >= 0.3 is 6.16 Å². The Hall–Kier alpha value is -4.72. The van der Waals surface area contributed by atoms with Gasteiger partial charge in [0.05, 0.1) is 19.8 Å². The van der Waals surface area contributed by atoms with Crippen molar-refractivity contribution in [3.8, 4) is 40.0 Å². The minimum absolute atomic E-state index is 0.0447. The van der Waals surface area contributed by atoms with Gasteiger partial charge in [-0.1, -0.05) is 36.4 Å². The van der Waals surface area contributed by atoms with Crippen molar-refractivity contribution in [3.63, 3.8) is 0 Å². The van der Waals surface area contributed by atoms with Crippen LogP contribution in [-0.4, -0.2) is 30.5 Å². The van der Waals surface area contributed by atoms with Crippen LogP contribution in [0.15, 0.2) is 77.2 Å². The third kappa shape index (κ3) is 3.71. The van der Waals surface area contributed by atoms with E-state index < -0.39 is 6.16 Å². The second-order valence-corrected chi connectivity index (χ2v) is 7.25. The second kappa shape index (κ2) is 8.67. The molecule has 170 valence electrons. The molecule has 0 spiro atoms. The van der Waals surface area contributed by atoms with Crippen molar-refractivity contribution in [1.82, 2.24) is 4.98 Å². The number of para-hydroxylation sites is 3. The molecule has 0 saturated carbocycles. The van der Waals surface area contributed by atoms with Crippen LogP contribution in [0.5, 0.6) is 28.9 Å². The number of rotatable bonds is 6. The Balaban J connectivity index is 1.84. The molecule has 5 aromatic rings. The van der Waals surface area contributed by atoms with Gasteiger partial charge < -0.3 is 28.5 Å². The number of ether oxygens (including phenoxy) is 4. The predicted molar refractivity (Wildman–Crippen MR) is 125 cm³/mol. The molecule has 0 aliphatic carbocycles. The van der Waals surface area contributed by atoms with Crippen molar-refractivity contribution < 1.29 is 33.3 Å². The molecule has 1 N–H and O–H groups in total. The zero-order chi connectivity index (χ0) is 23.7. The molecule has 2 heterocycles. The largest absolute Gasteiger partial charge is 0.511 e. The fourth-order valence-corrected chi connectivity index (χ4v) is 3.75. The molecular formula is C26H19NO7. The molecule has 0 saturated heterocycles. The van der Waals surface area contributed by atoms with E-state index in [1.165, 1.54) is 7.11 Å². The maximum atomic E-state index is 11.7. The Morgan fingerprint density at radius 2 is 1.59 bits per heavy atom. The zero-order valence-electron chi connectivity index (χ0n) is 18.3. The smallest absolute Gasteiger partial charge is 0.497 e. The highest BCUT2D eigenvalue weighted by molar-refractivity contribution is 6.09. The molecule has 3 aromatic carbocycles. The van der Waals surface area contributed by atoms with Crippen molar-refractivity contribution in [2.75, 3.05) is 14.2 Å². The fourth-order valence-electron chi connectivity index (χ4n) is 3.75. The summed E-state index contributed by atoms with van der Waals surface area (Å²) in [5.74, 6) is 1.30. The standard InChI is InChI=1S/C26H19NO7/c1-30-16-13-11-15(12-14-16)21-23-22(17-7-3-4-8-18(17)32-23)27-25(24(21)34-26(28)29)33-20-10-6-5-9-19(20)31-2/h3-14H,1-2H3,(H,28,29). The lowest BCUT2D eigenvalue weighted by atomic mass is 10.0. The molecule has 0 atom stereocenters. The van der Waals surface area contributed by atoms with Crippen molar-refractivity contribution >= 4 is 28.2 Å². The number of aromatic nitrogens is 1. The zero-order valence-corrected chi connectivity index (χ0v) is 18.3. The molecule has 5 rings (SSSR count). The van der Waals surface area contributed by atoms with Gasteiger partial charge in [-0.25, -0.2) is 9.78 Å². The van der Waals surface area contributed by atoms with E-state index in [0.29, 0.717) is 45.1 Å². The molecule has 0 radical (unpaired) electrons. The van der Waals surface area contributed by atoms with E-state index in [9.17, 15) is 9.90 Å². The van der Waals surface area contributed by atoms with Gasteiger partial charge in [-0.3, -0.25) is 0 Å². The van der Waals surface area contributed by atoms with E-state index in [-0.39, 0.29) is 11.6 Å². The van der Waals surface area contributed by atoms with Crippen LogP contribution in [0.3, 0.4) is 0 Å². The first kappa shape index (κ1) is 21.1. The quantitative estimate of drug-likeness (QED) is 0.288. The van der Waals surface area contributed by atoms with E-state index in [4.69, 9.17) is 23.4 Å². The number of fused-ring (bicyclic) bond motifs is 3. The molecule has 0 unspecified atom stereocenters. The Morgan fingerprint density at radius 1 is 0.882 bits per heavy atom. The summed E-state index contributed by atoms with van der Waals surface area (Å²) in [6.07, 6.45) is -1.52. The molecule has 8 nitrogen and oxygen atoms in total. The summed E-state index contributed by atoms with van der Waals surface area (Å²) in [5, 5.41) is 10.3. The van der Waals surface area contributed by atoms with Crippen LogP contribution in [0, 0.1) is 0 Å². The van der Waals surface area contributed by atoms with Crippen LogP contribution in [0.1, 0.15) is 0 Å². The topological polar surface area (TPSA) is 100 Å². The highest BCUT2D eigenvalue weighted by atomic mass is 16.7. The summed E-state index contributed by atoms with van der Waals surface area (Å²) in [6.45, 7) is 0. The van der Waals surface area contributed by atoms with Gasteiger partial charge in [-0.05, 0) is 42.0 Å². The van der Waals surface area contributed by atoms with E-state index in [2.05, 4.69) is 4.98 Å². The number of benzene rings is 3.